The summed E-state index contributed by atoms with van der Waals surface area (Å²) in [5.74, 6) is -0.445. The molecule has 1 fully saturated rings. The van der Waals surface area contributed by atoms with Crippen molar-refractivity contribution < 1.29 is 30.0 Å². The lowest BCUT2D eigenvalue weighted by Crippen LogP contribution is -2.63. The molecule has 1 rings (SSSR count). The van der Waals surface area contributed by atoms with Gasteiger partial charge in [-0.25, -0.2) is 0 Å². The Kier molecular flexibility index (Phi) is 4.00. The third-order valence-electron chi connectivity index (χ3n) is 2.24. The minimum atomic E-state index is -1.47. The summed E-state index contributed by atoms with van der Waals surface area (Å²) in [6.07, 6.45) is -6.42. The van der Waals surface area contributed by atoms with Crippen molar-refractivity contribution in [3.63, 3.8) is 0 Å². The van der Waals surface area contributed by atoms with Crippen molar-refractivity contribution in [2.75, 3.05) is 6.61 Å². The van der Waals surface area contributed by atoms with Crippen LogP contribution < -0.4 is 5.32 Å². The molecule has 5 atom stereocenters. The molecule has 1 aliphatic heterocycles. The van der Waals surface area contributed by atoms with Crippen molar-refractivity contribution in [3.8, 4) is 0 Å². The summed E-state index contributed by atoms with van der Waals surface area (Å²) in [4.78, 5) is 10.7. The van der Waals surface area contributed by atoms with E-state index in [1.807, 2.05) is 0 Å². The first kappa shape index (κ1) is 12.3. The zero-order valence-corrected chi connectivity index (χ0v) is 8.20. The van der Waals surface area contributed by atoms with Gasteiger partial charge in [0.05, 0.1) is 6.61 Å². The third-order valence-corrected chi connectivity index (χ3v) is 2.24. The molecule has 0 unspecified atom stereocenters. The molecule has 0 aromatic heterocycles. The van der Waals surface area contributed by atoms with Crippen LogP contribution in [0.3, 0.4) is 0 Å². The summed E-state index contributed by atoms with van der Waals surface area (Å²) in [5, 5.41) is 39.3. The molecule has 15 heavy (non-hydrogen) atoms. The van der Waals surface area contributed by atoms with E-state index in [9.17, 15) is 20.1 Å². The van der Waals surface area contributed by atoms with Crippen LogP contribution in [0.4, 0.5) is 0 Å². The molecule has 0 aromatic rings. The Morgan fingerprint density at radius 1 is 1.27 bits per heavy atom. The second-order valence-corrected chi connectivity index (χ2v) is 3.45. The molecule has 1 saturated heterocycles. The first-order valence-corrected chi connectivity index (χ1v) is 4.55. The van der Waals surface area contributed by atoms with E-state index >= 15 is 0 Å². The second-order valence-electron chi connectivity index (χ2n) is 3.45. The lowest BCUT2D eigenvalue weighted by atomic mass is 9.98. The molecule has 1 heterocycles. The first-order chi connectivity index (χ1) is 6.97. The third kappa shape index (κ3) is 2.64. The number of carbonyl (C=O) groups excluding carboxylic acids is 1. The van der Waals surface area contributed by atoms with Gasteiger partial charge in [0.2, 0.25) is 5.91 Å². The van der Waals surface area contributed by atoms with Crippen molar-refractivity contribution in [1.82, 2.24) is 5.32 Å². The standard InChI is InChI=1S/C8H15NO6/c1-3(11)9-8-7(14)6(13)5(12)4(2-10)15-8/h4-8,10,12-14H,2H2,1H3,(H,9,11)/t4-,5-,6+,7+,8-/m1/s1. The molecule has 0 bridgehead atoms. The van der Waals surface area contributed by atoms with Crippen LogP contribution in [0.1, 0.15) is 6.92 Å². The Morgan fingerprint density at radius 2 is 1.87 bits per heavy atom. The molecule has 7 nitrogen and oxygen atoms in total. The van der Waals surface area contributed by atoms with Gasteiger partial charge in [-0.05, 0) is 0 Å². The van der Waals surface area contributed by atoms with Crippen LogP contribution in [0.15, 0.2) is 0 Å². The summed E-state index contributed by atoms with van der Waals surface area (Å²) in [5.41, 5.74) is 0. The highest BCUT2D eigenvalue weighted by Crippen LogP contribution is 2.19. The van der Waals surface area contributed by atoms with Gasteiger partial charge >= 0.3 is 0 Å². The molecular formula is C8H15NO6. The van der Waals surface area contributed by atoms with Gasteiger partial charge in [0.15, 0.2) is 6.23 Å². The van der Waals surface area contributed by atoms with E-state index in [-0.39, 0.29) is 0 Å². The number of aliphatic hydroxyl groups excluding tert-OH is 4. The van der Waals surface area contributed by atoms with E-state index in [1.165, 1.54) is 6.92 Å². The van der Waals surface area contributed by atoms with Crippen LogP contribution in [0.5, 0.6) is 0 Å². The SMILES string of the molecule is CC(=O)N[C@@H]1O[C@H](CO)[C@@H](O)[C@H](O)[C@@H]1O. The Labute approximate surface area is 86.3 Å². The average Bonchev–Trinajstić information content (AvgIpc) is 2.18. The van der Waals surface area contributed by atoms with Crippen LogP contribution in [0.25, 0.3) is 0 Å². The van der Waals surface area contributed by atoms with Gasteiger partial charge in [-0.2, -0.15) is 0 Å². The quantitative estimate of drug-likeness (QED) is 0.337. The molecule has 1 amide bonds. The highest BCUT2D eigenvalue weighted by Gasteiger charge is 2.43. The van der Waals surface area contributed by atoms with Gasteiger partial charge in [-0.15, -0.1) is 0 Å². The minimum absolute atomic E-state index is 0.445. The lowest BCUT2D eigenvalue weighted by Gasteiger charge is -2.39. The van der Waals surface area contributed by atoms with E-state index in [0.29, 0.717) is 0 Å². The zero-order chi connectivity index (χ0) is 11.6. The molecular weight excluding hydrogens is 206 g/mol. The van der Waals surface area contributed by atoms with Crippen LogP contribution >= 0.6 is 0 Å². The van der Waals surface area contributed by atoms with Gasteiger partial charge in [0.1, 0.15) is 24.4 Å². The number of ether oxygens (including phenoxy) is 1. The van der Waals surface area contributed by atoms with Gasteiger partial charge in [-0.3, -0.25) is 4.79 Å². The predicted molar refractivity (Wildman–Crippen MR) is 47.6 cm³/mol. The largest absolute Gasteiger partial charge is 0.394 e. The molecule has 0 aliphatic carbocycles. The van der Waals surface area contributed by atoms with Gasteiger partial charge in [0.25, 0.3) is 0 Å². The Morgan fingerprint density at radius 3 is 2.33 bits per heavy atom. The maximum absolute atomic E-state index is 10.7. The molecule has 1 aliphatic rings. The van der Waals surface area contributed by atoms with E-state index in [1.54, 1.807) is 0 Å². The summed E-state index contributed by atoms with van der Waals surface area (Å²) in [6, 6.07) is 0. The molecule has 5 N–H and O–H groups in total. The fourth-order valence-electron chi connectivity index (χ4n) is 1.42. The first-order valence-electron chi connectivity index (χ1n) is 4.55. The number of hydrogen-bond acceptors (Lipinski definition) is 6. The van der Waals surface area contributed by atoms with Crippen molar-refractivity contribution in [1.29, 1.82) is 0 Å². The summed E-state index contributed by atoms with van der Waals surface area (Å²) in [7, 11) is 0. The van der Waals surface area contributed by atoms with Crippen molar-refractivity contribution >= 4 is 5.91 Å². The van der Waals surface area contributed by atoms with E-state index in [4.69, 9.17) is 9.84 Å². The Bertz CT molecular complexity index is 233. The van der Waals surface area contributed by atoms with Crippen LogP contribution in [0, 0.1) is 0 Å². The van der Waals surface area contributed by atoms with Crippen LogP contribution in [-0.4, -0.2) is 63.6 Å². The number of rotatable bonds is 2. The van der Waals surface area contributed by atoms with E-state index < -0.39 is 43.2 Å². The normalized spacial score (nSPS) is 41.3. The zero-order valence-electron chi connectivity index (χ0n) is 8.20. The number of carbonyl (C=O) groups is 1. The second kappa shape index (κ2) is 4.86. The van der Waals surface area contributed by atoms with E-state index in [0.717, 1.165) is 0 Å². The molecule has 0 aromatic carbocycles. The molecule has 0 radical (unpaired) electrons. The lowest BCUT2D eigenvalue weighted by molar-refractivity contribution is -0.235. The fraction of sp³-hybridized carbons (Fsp3) is 0.875. The number of nitrogens with one attached hydrogen (secondary N) is 1. The van der Waals surface area contributed by atoms with Gasteiger partial charge in [-0.1, -0.05) is 0 Å². The van der Waals surface area contributed by atoms with Gasteiger partial charge in [0, 0.05) is 6.92 Å². The van der Waals surface area contributed by atoms with E-state index in [2.05, 4.69) is 5.32 Å². The molecule has 0 saturated carbocycles. The predicted octanol–water partition coefficient (Wildman–Crippen LogP) is -3.08. The minimum Gasteiger partial charge on any atom is -0.394 e. The highest BCUT2D eigenvalue weighted by molar-refractivity contribution is 5.73. The average molecular weight is 221 g/mol. The monoisotopic (exact) mass is 221 g/mol. The maximum Gasteiger partial charge on any atom is 0.218 e. The van der Waals surface area contributed by atoms with Crippen molar-refractivity contribution in [2.24, 2.45) is 0 Å². The fourth-order valence-corrected chi connectivity index (χ4v) is 1.42. The topological polar surface area (TPSA) is 119 Å². The molecule has 88 valence electrons. The highest BCUT2D eigenvalue weighted by atomic mass is 16.6. The molecule has 0 spiro atoms. The smallest absolute Gasteiger partial charge is 0.218 e. The summed E-state index contributed by atoms with van der Waals surface area (Å²) in [6.45, 7) is 0.711. The Hall–Kier alpha value is -0.730. The Balaban J connectivity index is 2.69. The van der Waals surface area contributed by atoms with Crippen LogP contribution in [-0.2, 0) is 9.53 Å². The number of amides is 1. The number of hydrogen-bond donors (Lipinski definition) is 5. The summed E-state index contributed by atoms with van der Waals surface area (Å²) < 4.78 is 5.00. The summed E-state index contributed by atoms with van der Waals surface area (Å²) >= 11 is 0. The maximum atomic E-state index is 10.7. The number of aliphatic hydroxyl groups is 4. The van der Waals surface area contributed by atoms with Crippen molar-refractivity contribution in [3.05, 3.63) is 0 Å². The van der Waals surface area contributed by atoms with Crippen LogP contribution in [0.2, 0.25) is 0 Å². The molecule has 7 heteroatoms. The van der Waals surface area contributed by atoms with Gasteiger partial charge < -0.3 is 30.5 Å². The van der Waals surface area contributed by atoms with Crippen molar-refractivity contribution in [2.45, 2.75) is 37.6 Å².